The van der Waals surface area contributed by atoms with E-state index in [0.717, 1.165) is 0 Å². The predicted molar refractivity (Wildman–Crippen MR) is 91.5 cm³/mol. The molecule has 0 radical (unpaired) electrons. The van der Waals surface area contributed by atoms with Gasteiger partial charge >= 0.3 is 6.09 Å². The van der Waals surface area contributed by atoms with Gasteiger partial charge in [0.05, 0.1) is 6.54 Å². The number of alkyl carbamates (subject to hydrolysis) is 1. The van der Waals surface area contributed by atoms with Gasteiger partial charge in [0.2, 0.25) is 11.8 Å². The Morgan fingerprint density at radius 2 is 1.58 bits per heavy atom. The summed E-state index contributed by atoms with van der Waals surface area (Å²) in [6.07, 6.45) is -0.698. The second kappa shape index (κ2) is 7.81. The van der Waals surface area contributed by atoms with Crippen LogP contribution in [0.3, 0.4) is 0 Å². The van der Waals surface area contributed by atoms with Crippen LogP contribution in [0, 0.1) is 0 Å². The van der Waals surface area contributed by atoms with Gasteiger partial charge in [0.15, 0.2) is 0 Å². The predicted octanol–water partition coefficient (Wildman–Crippen LogP) is 2.04. The smallest absolute Gasteiger partial charge is 0.408 e. The van der Waals surface area contributed by atoms with Gasteiger partial charge < -0.3 is 20.7 Å². The molecule has 0 saturated heterocycles. The largest absolute Gasteiger partial charge is 0.444 e. The zero-order chi connectivity index (χ0) is 18.4. The van der Waals surface area contributed by atoms with E-state index in [9.17, 15) is 14.4 Å². The van der Waals surface area contributed by atoms with Crippen LogP contribution in [-0.2, 0) is 14.3 Å². The number of hydrogen-bond donors (Lipinski definition) is 3. The molecule has 3 N–H and O–H groups in total. The summed E-state index contributed by atoms with van der Waals surface area (Å²) in [7, 11) is 0. The van der Waals surface area contributed by atoms with Crippen molar-refractivity contribution in [2.24, 2.45) is 0 Å². The van der Waals surface area contributed by atoms with E-state index in [1.54, 1.807) is 45.0 Å². The Labute approximate surface area is 142 Å². The molecule has 0 aliphatic rings. The number of benzene rings is 1. The van der Waals surface area contributed by atoms with Gasteiger partial charge in [-0.25, -0.2) is 4.79 Å². The highest BCUT2D eigenvalue weighted by atomic mass is 16.6. The van der Waals surface area contributed by atoms with Gasteiger partial charge in [-0.3, -0.25) is 9.59 Å². The Hall–Kier alpha value is -2.57. The number of ether oxygens (including phenoxy) is 1. The number of hydrogen-bond acceptors (Lipinski definition) is 4. The Morgan fingerprint density at radius 1 is 1.00 bits per heavy atom. The third kappa shape index (κ3) is 7.13. The van der Waals surface area contributed by atoms with Crippen molar-refractivity contribution >= 4 is 23.6 Å². The SMILES string of the molecule is CC(C)(C)OC(=O)NC(C)(C)C(=O)NCC(=O)Nc1ccccc1. The Balaban J connectivity index is 2.47. The maximum absolute atomic E-state index is 12.2. The molecule has 132 valence electrons. The van der Waals surface area contributed by atoms with E-state index < -0.39 is 23.1 Å². The zero-order valence-corrected chi connectivity index (χ0v) is 14.7. The van der Waals surface area contributed by atoms with E-state index in [-0.39, 0.29) is 12.5 Å². The first-order valence-corrected chi connectivity index (χ1v) is 7.64. The Bertz CT molecular complexity index is 592. The van der Waals surface area contributed by atoms with Crippen LogP contribution in [0.15, 0.2) is 30.3 Å². The van der Waals surface area contributed by atoms with E-state index in [0.29, 0.717) is 5.69 Å². The molecule has 0 aliphatic heterocycles. The zero-order valence-electron chi connectivity index (χ0n) is 14.7. The summed E-state index contributed by atoms with van der Waals surface area (Å²) >= 11 is 0. The van der Waals surface area contributed by atoms with Gasteiger partial charge in [-0.1, -0.05) is 18.2 Å². The van der Waals surface area contributed by atoms with Crippen LogP contribution < -0.4 is 16.0 Å². The van der Waals surface area contributed by atoms with E-state index in [2.05, 4.69) is 16.0 Å². The normalized spacial score (nSPS) is 11.4. The summed E-state index contributed by atoms with van der Waals surface area (Å²) in [6, 6.07) is 8.91. The molecule has 1 rings (SSSR count). The van der Waals surface area contributed by atoms with Crippen molar-refractivity contribution < 1.29 is 19.1 Å². The maximum Gasteiger partial charge on any atom is 0.408 e. The first-order valence-electron chi connectivity index (χ1n) is 7.64. The highest BCUT2D eigenvalue weighted by Crippen LogP contribution is 2.09. The molecule has 0 heterocycles. The van der Waals surface area contributed by atoms with E-state index in [1.165, 1.54) is 13.8 Å². The first kappa shape index (κ1) is 19.5. The van der Waals surface area contributed by atoms with Gasteiger partial charge in [0.1, 0.15) is 11.1 Å². The van der Waals surface area contributed by atoms with E-state index in [1.807, 2.05) is 6.07 Å². The maximum atomic E-state index is 12.2. The van der Waals surface area contributed by atoms with Crippen molar-refractivity contribution in [2.75, 3.05) is 11.9 Å². The van der Waals surface area contributed by atoms with Gasteiger partial charge in [-0.05, 0) is 46.8 Å². The van der Waals surface area contributed by atoms with Crippen molar-refractivity contribution in [1.82, 2.24) is 10.6 Å². The lowest BCUT2D eigenvalue weighted by Gasteiger charge is -2.27. The molecule has 0 aromatic heterocycles. The number of amides is 3. The second-order valence-corrected chi connectivity index (χ2v) is 6.85. The molecular weight excluding hydrogens is 310 g/mol. The highest BCUT2D eigenvalue weighted by Gasteiger charge is 2.31. The molecule has 7 nitrogen and oxygen atoms in total. The van der Waals surface area contributed by atoms with E-state index in [4.69, 9.17) is 4.74 Å². The minimum Gasteiger partial charge on any atom is -0.444 e. The summed E-state index contributed by atoms with van der Waals surface area (Å²) in [4.78, 5) is 35.7. The molecule has 0 saturated carbocycles. The fourth-order valence-corrected chi connectivity index (χ4v) is 1.72. The van der Waals surface area contributed by atoms with Crippen LogP contribution >= 0.6 is 0 Å². The summed E-state index contributed by atoms with van der Waals surface area (Å²) < 4.78 is 5.12. The lowest BCUT2D eigenvalue weighted by atomic mass is 10.1. The molecule has 0 atom stereocenters. The van der Waals surface area contributed by atoms with Gasteiger partial charge in [-0.15, -0.1) is 0 Å². The standard InChI is InChI=1S/C17H25N3O4/c1-16(2,3)24-15(23)20-17(4,5)14(22)18-11-13(21)19-12-9-7-6-8-10-12/h6-10H,11H2,1-5H3,(H,18,22)(H,19,21)(H,20,23). The van der Waals surface area contributed by atoms with Gasteiger partial charge in [0.25, 0.3) is 0 Å². The molecule has 0 spiro atoms. The highest BCUT2D eigenvalue weighted by molar-refractivity contribution is 5.96. The molecule has 0 aliphatic carbocycles. The molecule has 0 unspecified atom stereocenters. The first-order chi connectivity index (χ1) is 11.0. The van der Waals surface area contributed by atoms with Crippen molar-refractivity contribution in [3.05, 3.63) is 30.3 Å². The van der Waals surface area contributed by atoms with Crippen LogP contribution in [0.2, 0.25) is 0 Å². The van der Waals surface area contributed by atoms with Crippen LogP contribution in [0.5, 0.6) is 0 Å². The van der Waals surface area contributed by atoms with Crippen molar-refractivity contribution in [3.8, 4) is 0 Å². The van der Waals surface area contributed by atoms with Gasteiger partial charge in [0, 0.05) is 5.69 Å². The topological polar surface area (TPSA) is 96.5 Å². The van der Waals surface area contributed by atoms with Gasteiger partial charge in [-0.2, -0.15) is 0 Å². The second-order valence-electron chi connectivity index (χ2n) is 6.85. The third-order valence-electron chi connectivity index (χ3n) is 2.85. The summed E-state index contributed by atoms with van der Waals surface area (Å²) in [5.41, 5.74) is -1.23. The average molecular weight is 335 g/mol. The molecular formula is C17H25N3O4. The summed E-state index contributed by atoms with van der Waals surface area (Å²) in [6.45, 7) is 8.05. The summed E-state index contributed by atoms with van der Waals surface area (Å²) in [5, 5.41) is 7.63. The number of para-hydroxylation sites is 1. The van der Waals surface area contributed by atoms with Crippen LogP contribution in [0.1, 0.15) is 34.6 Å². The monoisotopic (exact) mass is 335 g/mol. The third-order valence-corrected chi connectivity index (χ3v) is 2.85. The molecule has 1 aromatic carbocycles. The number of carbonyl (C=O) groups is 3. The molecule has 0 fully saturated rings. The fourth-order valence-electron chi connectivity index (χ4n) is 1.72. The lowest BCUT2D eigenvalue weighted by molar-refractivity contribution is -0.128. The van der Waals surface area contributed by atoms with Crippen molar-refractivity contribution in [1.29, 1.82) is 0 Å². The van der Waals surface area contributed by atoms with Crippen molar-refractivity contribution in [2.45, 2.75) is 45.8 Å². The molecule has 1 aromatic rings. The Morgan fingerprint density at radius 3 is 2.12 bits per heavy atom. The Kier molecular flexibility index (Phi) is 6.34. The van der Waals surface area contributed by atoms with Crippen molar-refractivity contribution in [3.63, 3.8) is 0 Å². The minimum absolute atomic E-state index is 0.201. The van der Waals surface area contributed by atoms with Crippen LogP contribution in [0.25, 0.3) is 0 Å². The number of carbonyl (C=O) groups excluding carboxylic acids is 3. The summed E-state index contributed by atoms with van der Waals surface area (Å²) in [5.74, 6) is -0.848. The quantitative estimate of drug-likeness (QED) is 0.767. The number of anilines is 1. The molecule has 3 amide bonds. The minimum atomic E-state index is -1.21. The molecule has 0 bridgehead atoms. The van der Waals surface area contributed by atoms with E-state index >= 15 is 0 Å². The fraction of sp³-hybridized carbons (Fsp3) is 0.471. The molecule has 7 heteroatoms. The lowest BCUT2D eigenvalue weighted by Crippen LogP contribution is -2.56. The number of nitrogens with one attached hydrogen (secondary N) is 3. The molecule has 24 heavy (non-hydrogen) atoms. The van der Waals surface area contributed by atoms with Crippen LogP contribution in [0.4, 0.5) is 10.5 Å². The number of rotatable bonds is 5. The average Bonchev–Trinajstić information content (AvgIpc) is 2.43. The van der Waals surface area contributed by atoms with Crippen LogP contribution in [-0.4, -0.2) is 35.6 Å².